The van der Waals surface area contributed by atoms with Crippen LogP contribution in [0.15, 0.2) is 18.5 Å². The fourth-order valence-electron chi connectivity index (χ4n) is 2.51. The third kappa shape index (κ3) is 3.01. The standard InChI is InChI=1S/C13H19FN2/c1-2-16-5-3-4-11(10-16)6-12-7-13(14)9-15-8-12/h7-9,11H,2-6,10H2,1H3. The first-order chi connectivity index (χ1) is 7.78. The van der Waals surface area contributed by atoms with Crippen molar-refractivity contribution in [2.45, 2.75) is 26.2 Å². The minimum absolute atomic E-state index is 0.222. The number of nitrogens with zero attached hydrogens (tertiary/aromatic N) is 2. The second-order valence-electron chi connectivity index (χ2n) is 4.62. The average molecular weight is 222 g/mol. The predicted molar refractivity (Wildman–Crippen MR) is 62.7 cm³/mol. The highest BCUT2D eigenvalue weighted by Crippen LogP contribution is 2.20. The smallest absolute Gasteiger partial charge is 0.141 e. The van der Waals surface area contributed by atoms with Crippen molar-refractivity contribution < 1.29 is 4.39 Å². The van der Waals surface area contributed by atoms with Gasteiger partial charge in [0.15, 0.2) is 0 Å². The van der Waals surface area contributed by atoms with Gasteiger partial charge in [0.1, 0.15) is 5.82 Å². The molecule has 1 aliphatic rings. The van der Waals surface area contributed by atoms with E-state index in [9.17, 15) is 4.39 Å². The molecule has 16 heavy (non-hydrogen) atoms. The second-order valence-corrected chi connectivity index (χ2v) is 4.62. The average Bonchev–Trinajstić information content (AvgIpc) is 2.29. The third-order valence-corrected chi connectivity index (χ3v) is 3.34. The van der Waals surface area contributed by atoms with E-state index in [1.165, 1.54) is 25.6 Å². The molecule has 2 nitrogen and oxygen atoms in total. The summed E-state index contributed by atoms with van der Waals surface area (Å²) in [5, 5.41) is 0. The first-order valence-corrected chi connectivity index (χ1v) is 6.09. The van der Waals surface area contributed by atoms with Crippen molar-refractivity contribution in [2.75, 3.05) is 19.6 Å². The lowest BCUT2D eigenvalue weighted by molar-refractivity contribution is 0.182. The number of hydrogen-bond acceptors (Lipinski definition) is 2. The van der Waals surface area contributed by atoms with Crippen molar-refractivity contribution in [2.24, 2.45) is 5.92 Å². The molecule has 1 unspecified atom stereocenters. The monoisotopic (exact) mass is 222 g/mol. The molecule has 1 fully saturated rings. The van der Waals surface area contributed by atoms with E-state index in [1.807, 2.05) is 0 Å². The fourth-order valence-corrected chi connectivity index (χ4v) is 2.51. The largest absolute Gasteiger partial charge is 0.303 e. The Kier molecular flexibility index (Phi) is 3.88. The predicted octanol–water partition coefficient (Wildman–Crippen LogP) is 2.50. The highest BCUT2D eigenvalue weighted by Gasteiger charge is 2.18. The van der Waals surface area contributed by atoms with Gasteiger partial charge in [0.2, 0.25) is 0 Å². The van der Waals surface area contributed by atoms with Crippen molar-refractivity contribution in [3.05, 3.63) is 29.8 Å². The zero-order chi connectivity index (χ0) is 11.4. The van der Waals surface area contributed by atoms with Gasteiger partial charge in [-0.05, 0) is 49.9 Å². The van der Waals surface area contributed by atoms with Crippen LogP contribution < -0.4 is 0 Å². The quantitative estimate of drug-likeness (QED) is 0.781. The molecule has 2 heterocycles. The summed E-state index contributed by atoms with van der Waals surface area (Å²) in [6.45, 7) is 5.69. The Morgan fingerprint density at radius 1 is 1.50 bits per heavy atom. The van der Waals surface area contributed by atoms with Crippen LogP contribution in [0.1, 0.15) is 25.3 Å². The Bertz CT molecular complexity index is 340. The molecule has 2 rings (SSSR count). The summed E-state index contributed by atoms with van der Waals surface area (Å²) in [5.41, 5.74) is 1.03. The molecule has 3 heteroatoms. The maximum absolute atomic E-state index is 13.0. The number of rotatable bonds is 3. The number of aromatic nitrogens is 1. The molecule has 1 aliphatic heterocycles. The Balaban J connectivity index is 1.94. The van der Waals surface area contributed by atoms with Crippen molar-refractivity contribution >= 4 is 0 Å². The maximum Gasteiger partial charge on any atom is 0.141 e. The Morgan fingerprint density at radius 2 is 2.38 bits per heavy atom. The van der Waals surface area contributed by atoms with Crippen LogP contribution in [0.2, 0.25) is 0 Å². The molecule has 0 radical (unpaired) electrons. The molecule has 0 saturated carbocycles. The van der Waals surface area contributed by atoms with E-state index in [1.54, 1.807) is 12.3 Å². The summed E-state index contributed by atoms with van der Waals surface area (Å²) in [7, 11) is 0. The maximum atomic E-state index is 13.0. The fraction of sp³-hybridized carbons (Fsp3) is 0.615. The van der Waals surface area contributed by atoms with Crippen molar-refractivity contribution in [3.63, 3.8) is 0 Å². The van der Waals surface area contributed by atoms with Gasteiger partial charge in [-0.3, -0.25) is 4.98 Å². The lowest BCUT2D eigenvalue weighted by atomic mass is 9.92. The number of pyridine rings is 1. The number of hydrogen-bond donors (Lipinski definition) is 0. The first-order valence-electron chi connectivity index (χ1n) is 6.09. The molecule has 0 N–H and O–H groups in total. The van der Waals surface area contributed by atoms with Gasteiger partial charge in [0.25, 0.3) is 0 Å². The molecule has 0 amide bonds. The summed E-state index contributed by atoms with van der Waals surface area (Å²) >= 11 is 0. The molecule has 88 valence electrons. The summed E-state index contributed by atoms with van der Waals surface area (Å²) in [4.78, 5) is 6.37. The van der Waals surface area contributed by atoms with E-state index in [0.717, 1.165) is 25.1 Å². The molecule has 0 aliphatic carbocycles. The molecule has 1 atom stereocenters. The van der Waals surface area contributed by atoms with E-state index in [0.29, 0.717) is 5.92 Å². The molecule has 1 aromatic rings. The molecule has 0 aromatic carbocycles. The SMILES string of the molecule is CCN1CCCC(Cc2cncc(F)c2)C1. The van der Waals surface area contributed by atoms with Gasteiger partial charge in [-0.2, -0.15) is 0 Å². The first kappa shape index (κ1) is 11.5. The Hall–Kier alpha value is -0.960. The van der Waals surface area contributed by atoms with Gasteiger partial charge in [-0.25, -0.2) is 4.39 Å². The number of halogens is 1. The number of piperidine rings is 1. The van der Waals surface area contributed by atoms with Crippen LogP contribution >= 0.6 is 0 Å². The van der Waals surface area contributed by atoms with Crippen molar-refractivity contribution in [1.82, 2.24) is 9.88 Å². The van der Waals surface area contributed by atoms with Gasteiger partial charge in [-0.1, -0.05) is 6.92 Å². The van der Waals surface area contributed by atoms with E-state index >= 15 is 0 Å². The number of likely N-dealkylation sites (tertiary alicyclic amines) is 1. The summed E-state index contributed by atoms with van der Waals surface area (Å²) in [6.07, 6.45) is 6.53. The summed E-state index contributed by atoms with van der Waals surface area (Å²) in [5.74, 6) is 0.443. The lowest BCUT2D eigenvalue weighted by Crippen LogP contribution is -2.35. The molecule has 0 spiro atoms. The van der Waals surface area contributed by atoms with Gasteiger partial charge in [0, 0.05) is 12.7 Å². The Morgan fingerprint density at radius 3 is 3.12 bits per heavy atom. The van der Waals surface area contributed by atoms with Gasteiger partial charge in [0.05, 0.1) is 6.20 Å². The van der Waals surface area contributed by atoms with Crippen LogP contribution in [0, 0.1) is 11.7 Å². The molecule has 0 bridgehead atoms. The van der Waals surface area contributed by atoms with Crippen LogP contribution in [-0.4, -0.2) is 29.5 Å². The minimum atomic E-state index is -0.222. The van der Waals surface area contributed by atoms with E-state index < -0.39 is 0 Å². The zero-order valence-electron chi connectivity index (χ0n) is 9.82. The highest BCUT2D eigenvalue weighted by molar-refractivity contribution is 5.11. The van der Waals surface area contributed by atoms with Gasteiger partial charge < -0.3 is 4.90 Å². The van der Waals surface area contributed by atoms with Crippen molar-refractivity contribution in [3.8, 4) is 0 Å². The van der Waals surface area contributed by atoms with Crippen LogP contribution in [0.25, 0.3) is 0 Å². The van der Waals surface area contributed by atoms with E-state index in [4.69, 9.17) is 0 Å². The topological polar surface area (TPSA) is 16.1 Å². The third-order valence-electron chi connectivity index (χ3n) is 3.34. The van der Waals surface area contributed by atoms with E-state index in [2.05, 4.69) is 16.8 Å². The molecule has 1 aromatic heterocycles. The van der Waals surface area contributed by atoms with Crippen LogP contribution in [-0.2, 0) is 6.42 Å². The lowest BCUT2D eigenvalue weighted by Gasteiger charge is -2.31. The van der Waals surface area contributed by atoms with Gasteiger partial charge in [-0.15, -0.1) is 0 Å². The molecular weight excluding hydrogens is 203 g/mol. The zero-order valence-corrected chi connectivity index (χ0v) is 9.82. The van der Waals surface area contributed by atoms with Crippen molar-refractivity contribution in [1.29, 1.82) is 0 Å². The summed E-state index contributed by atoms with van der Waals surface area (Å²) < 4.78 is 13.0. The minimum Gasteiger partial charge on any atom is -0.303 e. The molecular formula is C13H19FN2. The molecule has 1 saturated heterocycles. The second kappa shape index (κ2) is 5.39. The summed E-state index contributed by atoms with van der Waals surface area (Å²) in [6, 6.07) is 1.61. The van der Waals surface area contributed by atoms with Crippen LogP contribution in [0.3, 0.4) is 0 Å². The Labute approximate surface area is 96.5 Å². The highest BCUT2D eigenvalue weighted by atomic mass is 19.1. The van der Waals surface area contributed by atoms with Crippen LogP contribution in [0.5, 0.6) is 0 Å². The van der Waals surface area contributed by atoms with Gasteiger partial charge >= 0.3 is 0 Å². The normalized spacial score (nSPS) is 22.2. The van der Waals surface area contributed by atoms with Crippen LogP contribution in [0.4, 0.5) is 4.39 Å². The van der Waals surface area contributed by atoms with E-state index in [-0.39, 0.29) is 5.82 Å².